The first-order valence-electron chi connectivity index (χ1n) is 9.20. The van der Waals surface area contributed by atoms with Crippen molar-refractivity contribution in [3.8, 4) is 0 Å². The van der Waals surface area contributed by atoms with Gasteiger partial charge in [-0.05, 0) is 44.6 Å². The second kappa shape index (κ2) is 5.67. The highest BCUT2D eigenvalue weighted by Gasteiger charge is 2.37. The van der Waals surface area contributed by atoms with Gasteiger partial charge in [0.05, 0.1) is 10.9 Å². The fourth-order valence-corrected chi connectivity index (χ4v) is 5.31. The van der Waals surface area contributed by atoms with Gasteiger partial charge in [0.2, 0.25) is 10.0 Å². The van der Waals surface area contributed by atoms with Crippen molar-refractivity contribution >= 4 is 21.4 Å². The average Bonchev–Trinajstić information content (AvgIpc) is 3.50. The van der Waals surface area contributed by atoms with Crippen molar-refractivity contribution < 1.29 is 8.42 Å². The molecule has 2 aromatic heterocycles. The van der Waals surface area contributed by atoms with Crippen molar-refractivity contribution in [2.24, 2.45) is 0 Å². The number of nitrogens with zero attached hydrogens (tertiary/aromatic N) is 4. The van der Waals surface area contributed by atoms with Crippen molar-refractivity contribution in [1.29, 1.82) is 0 Å². The van der Waals surface area contributed by atoms with Gasteiger partial charge >= 0.3 is 0 Å². The molecular weight excluding hydrogens is 338 g/mol. The number of nitrogens with one attached hydrogen (secondary N) is 1. The standard InChI is InChI=1S/C17H23N5O2S/c23-25(24,14-3-4-14)20-13-5-8-21(9-6-13)17-16-11-15(12-1-2-12)19-22(16)10-7-18-17/h7,10-14,20H,1-6,8-9H2. The van der Waals surface area contributed by atoms with Crippen LogP contribution in [0.15, 0.2) is 18.5 Å². The maximum absolute atomic E-state index is 12.1. The van der Waals surface area contributed by atoms with Crippen molar-refractivity contribution in [2.75, 3.05) is 18.0 Å². The van der Waals surface area contributed by atoms with Crippen LogP contribution in [0.4, 0.5) is 5.82 Å². The molecule has 0 aromatic carbocycles. The van der Waals surface area contributed by atoms with E-state index in [9.17, 15) is 8.42 Å². The van der Waals surface area contributed by atoms with Crippen molar-refractivity contribution in [3.05, 3.63) is 24.2 Å². The summed E-state index contributed by atoms with van der Waals surface area (Å²) in [5.41, 5.74) is 2.22. The van der Waals surface area contributed by atoms with E-state index >= 15 is 0 Å². The molecule has 3 heterocycles. The number of aromatic nitrogens is 3. The minimum atomic E-state index is -3.10. The predicted octanol–water partition coefficient (Wildman–Crippen LogP) is 1.66. The molecular formula is C17H23N5O2S. The fourth-order valence-electron chi connectivity index (χ4n) is 3.67. The molecule has 1 aliphatic heterocycles. The van der Waals surface area contributed by atoms with E-state index < -0.39 is 10.0 Å². The summed E-state index contributed by atoms with van der Waals surface area (Å²) >= 11 is 0. The molecule has 0 unspecified atom stereocenters. The lowest BCUT2D eigenvalue weighted by molar-refractivity contribution is 0.458. The second-order valence-corrected chi connectivity index (χ2v) is 9.54. The number of piperidine rings is 1. The predicted molar refractivity (Wildman–Crippen MR) is 95.3 cm³/mol. The van der Waals surface area contributed by atoms with Gasteiger partial charge in [-0.15, -0.1) is 0 Å². The second-order valence-electron chi connectivity index (χ2n) is 7.55. The Morgan fingerprint density at radius 2 is 1.84 bits per heavy atom. The summed E-state index contributed by atoms with van der Waals surface area (Å²) in [7, 11) is -3.10. The molecule has 1 saturated heterocycles. The summed E-state index contributed by atoms with van der Waals surface area (Å²) < 4.78 is 29.1. The quantitative estimate of drug-likeness (QED) is 0.876. The zero-order chi connectivity index (χ0) is 17.0. The largest absolute Gasteiger partial charge is 0.355 e. The van der Waals surface area contributed by atoms with E-state index in [2.05, 4.69) is 25.8 Å². The molecule has 3 aliphatic rings. The first-order chi connectivity index (χ1) is 12.1. The molecule has 5 rings (SSSR count). The van der Waals surface area contributed by atoms with Crippen LogP contribution in [-0.2, 0) is 10.0 Å². The van der Waals surface area contributed by atoms with Crippen LogP contribution < -0.4 is 9.62 Å². The highest BCUT2D eigenvalue weighted by atomic mass is 32.2. The molecule has 8 heteroatoms. The van der Waals surface area contributed by atoms with Gasteiger partial charge in [0.1, 0.15) is 5.52 Å². The van der Waals surface area contributed by atoms with E-state index in [4.69, 9.17) is 0 Å². The van der Waals surface area contributed by atoms with Crippen LogP contribution in [0.1, 0.15) is 50.1 Å². The molecule has 0 amide bonds. The zero-order valence-corrected chi connectivity index (χ0v) is 15.0. The molecule has 1 N–H and O–H groups in total. The summed E-state index contributed by atoms with van der Waals surface area (Å²) in [5.74, 6) is 1.58. The molecule has 3 fully saturated rings. The lowest BCUT2D eigenvalue weighted by Gasteiger charge is -2.33. The number of hydrogen-bond donors (Lipinski definition) is 1. The molecule has 134 valence electrons. The number of hydrogen-bond acceptors (Lipinski definition) is 5. The molecule has 2 aromatic rings. The van der Waals surface area contributed by atoms with Gasteiger partial charge in [0, 0.05) is 37.4 Å². The SMILES string of the molecule is O=S(=O)(NC1CCN(c2nccn3nc(C4CC4)cc23)CC1)C1CC1. The fraction of sp³-hybridized carbons (Fsp3) is 0.647. The third-order valence-electron chi connectivity index (χ3n) is 5.47. The molecule has 0 bridgehead atoms. The number of rotatable bonds is 5. The third-order valence-corrected chi connectivity index (χ3v) is 7.48. The van der Waals surface area contributed by atoms with Crippen LogP contribution in [0, 0.1) is 0 Å². The normalized spacial score (nSPS) is 22.6. The Labute approximate surface area is 147 Å². The lowest BCUT2D eigenvalue weighted by atomic mass is 10.1. The summed E-state index contributed by atoms with van der Waals surface area (Å²) in [6.07, 6.45) is 9.43. The average molecular weight is 361 g/mol. The van der Waals surface area contributed by atoms with E-state index in [1.807, 2.05) is 10.7 Å². The smallest absolute Gasteiger partial charge is 0.214 e. The molecule has 0 spiro atoms. The Kier molecular flexibility index (Phi) is 3.53. The molecule has 7 nitrogen and oxygen atoms in total. The van der Waals surface area contributed by atoms with Gasteiger partial charge in [-0.25, -0.2) is 22.6 Å². The van der Waals surface area contributed by atoms with Crippen LogP contribution in [0.5, 0.6) is 0 Å². The summed E-state index contributed by atoms with van der Waals surface area (Å²) in [4.78, 5) is 6.85. The van der Waals surface area contributed by atoms with Gasteiger partial charge in [-0.2, -0.15) is 5.10 Å². The van der Waals surface area contributed by atoms with Gasteiger partial charge in [-0.1, -0.05) is 0 Å². The van der Waals surface area contributed by atoms with Gasteiger partial charge in [0.25, 0.3) is 0 Å². The van der Waals surface area contributed by atoms with E-state index in [1.165, 1.54) is 18.5 Å². The molecule has 0 radical (unpaired) electrons. The Hall–Kier alpha value is -1.67. The monoisotopic (exact) mass is 361 g/mol. The highest BCUT2D eigenvalue weighted by Crippen LogP contribution is 2.40. The molecule has 2 saturated carbocycles. The summed E-state index contributed by atoms with van der Waals surface area (Å²) in [6.45, 7) is 1.63. The Balaban J connectivity index is 1.31. The van der Waals surface area contributed by atoms with Crippen molar-refractivity contribution in [2.45, 2.75) is 55.7 Å². The molecule has 2 aliphatic carbocycles. The first kappa shape index (κ1) is 15.6. The Morgan fingerprint density at radius 1 is 1.08 bits per heavy atom. The van der Waals surface area contributed by atoms with Crippen LogP contribution in [0.2, 0.25) is 0 Å². The van der Waals surface area contributed by atoms with Gasteiger partial charge in [-0.3, -0.25) is 0 Å². The van der Waals surface area contributed by atoms with Crippen LogP contribution in [0.3, 0.4) is 0 Å². The maximum Gasteiger partial charge on any atom is 0.214 e. The Bertz CT molecular complexity index is 893. The van der Waals surface area contributed by atoms with E-state index in [-0.39, 0.29) is 11.3 Å². The number of fused-ring (bicyclic) bond motifs is 1. The lowest BCUT2D eigenvalue weighted by Crippen LogP contribution is -2.45. The topological polar surface area (TPSA) is 79.6 Å². The highest BCUT2D eigenvalue weighted by molar-refractivity contribution is 7.90. The maximum atomic E-state index is 12.1. The molecule has 0 atom stereocenters. The van der Waals surface area contributed by atoms with Crippen LogP contribution >= 0.6 is 0 Å². The van der Waals surface area contributed by atoms with Gasteiger partial charge in [0.15, 0.2) is 5.82 Å². The number of anilines is 1. The van der Waals surface area contributed by atoms with Crippen LogP contribution in [-0.4, -0.2) is 47.4 Å². The molecule has 25 heavy (non-hydrogen) atoms. The van der Waals surface area contributed by atoms with Crippen molar-refractivity contribution in [3.63, 3.8) is 0 Å². The van der Waals surface area contributed by atoms with E-state index in [0.29, 0.717) is 5.92 Å². The summed E-state index contributed by atoms with van der Waals surface area (Å²) in [5, 5.41) is 4.53. The number of sulfonamides is 1. The van der Waals surface area contributed by atoms with E-state index in [1.54, 1.807) is 6.20 Å². The minimum Gasteiger partial charge on any atom is -0.355 e. The Morgan fingerprint density at radius 3 is 2.52 bits per heavy atom. The summed E-state index contributed by atoms with van der Waals surface area (Å²) in [6, 6.07) is 2.22. The van der Waals surface area contributed by atoms with E-state index in [0.717, 1.165) is 50.1 Å². The minimum absolute atomic E-state index is 0.0496. The first-order valence-corrected chi connectivity index (χ1v) is 10.8. The van der Waals surface area contributed by atoms with Gasteiger partial charge < -0.3 is 4.90 Å². The zero-order valence-electron chi connectivity index (χ0n) is 14.1. The van der Waals surface area contributed by atoms with Crippen LogP contribution in [0.25, 0.3) is 5.52 Å². The third kappa shape index (κ3) is 3.01. The van der Waals surface area contributed by atoms with Crippen molar-refractivity contribution in [1.82, 2.24) is 19.3 Å².